The number of nitrogens with zero attached hydrogens (tertiary/aromatic N) is 1. The van der Waals surface area contributed by atoms with Gasteiger partial charge in [0.15, 0.2) is 0 Å². The van der Waals surface area contributed by atoms with Crippen molar-refractivity contribution in [1.29, 1.82) is 5.26 Å². The maximum Gasteiger partial charge on any atom is 0.338 e. The Morgan fingerprint density at radius 2 is 1.73 bits per heavy atom. The molecular formula is C19H16BrN3O3. The van der Waals surface area contributed by atoms with Crippen molar-refractivity contribution < 1.29 is 14.3 Å². The number of carbonyl (C=O) groups is 2. The second kappa shape index (κ2) is 9.39. The summed E-state index contributed by atoms with van der Waals surface area (Å²) in [6.07, 6.45) is 1.34. The molecule has 2 aromatic carbocycles. The number of halogens is 1. The van der Waals surface area contributed by atoms with E-state index >= 15 is 0 Å². The van der Waals surface area contributed by atoms with Crippen LogP contribution >= 0.6 is 15.9 Å². The Labute approximate surface area is 159 Å². The van der Waals surface area contributed by atoms with Crippen LogP contribution in [0.15, 0.2) is 64.8 Å². The van der Waals surface area contributed by atoms with Crippen LogP contribution in [0.3, 0.4) is 0 Å². The second-order valence-corrected chi connectivity index (χ2v) is 5.99. The molecule has 0 saturated carbocycles. The van der Waals surface area contributed by atoms with Gasteiger partial charge in [0.2, 0.25) is 0 Å². The maximum atomic E-state index is 12.2. The molecule has 0 aliphatic rings. The molecule has 7 heteroatoms. The summed E-state index contributed by atoms with van der Waals surface area (Å²) in [6, 6.07) is 15.4. The summed E-state index contributed by atoms with van der Waals surface area (Å²) in [4.78, 5) is 23.8. The van der Waals surface area contributed by atoms with Gasteiger partial charge >= 0.3 is 5.97 Å². The molecule has 0 spiro atoms. The Kier molecular flexibility index (Phi) is 6.94. The van der Waals surface area contributed by atoms with Gasteiger partial charge in [-0.3, -0.25) is 4.79 Å². The van der Waals surface area contributed by atoms with Gasteiger partial charge in [-0.15, -0.1) is 0 Å². The molecule has 0 aliphatic carbocycles. The average molecular weight is 414 g/mol. The first kappa shape index (κ1) is 19.2. The molecule has 0 atom stereocenters. The van der Waals surface area contributed by atoms with Crippen LogP contribution in [0.4, 0.5) is 11.4 Å². The van der Waals surface area contributed by atoms with E-state index in [0.29, 0.717) is 17.9 Å². The van der Waals surface area contributed by atoms with Crippen molar-refractivity contribution >= 4 is 39.2 Å². The van der Waals surface area contributed by atoms with Crippen molar-refractivity contribution in [3.8, 4) is 6.07 Å². The number of esters is 1. The van der Waals surface area contributed by atoms with Crippen molar-refractivity contribution in [3.63, 3.8) is 0 Å². The number of hydrogen-bond acceptors (Lipinski definition) is 5. The lowest BCUT2D eigenvalue weighted by Crippen LogP contribution is -2.14. The molecule has 2 aromatic rings. The zero-order valence-corrected chi connectivity index (χ0v) is 15.5. The van der Waals surface area contributed by atoms with E-state index in [-0.39, 0.29) is 5.57 Å². The van der Waals surface area contributed by atoms with Crippen molar-refractivity contribution in [2.75, 3.05) is 17.2 Å². The molecule has 132 valence electrons. The fourth-order valence-corrected chi connectivity index (χ4v) is 2.22. The summed E-state index contributed by atoms with van der Waals surface area (Å²) in [5, 5.41) is 14.7. The van der Waals surface area contributed by atoms with Gasteiger partial charge in [0, 0.05) is 22.0 Å². The summed E-state index contributed by atoms with van der Waals surface area (Å²) in [7, 11) is 0. The topological polar surface area (TPSA) is 91.2 Å². The zero-order valence-electron chi connectivity index (χ0n) is 14.0. The predicted molar refractivity (Wildman–Crippen MR) is 102 cm³/mol. The van der Waals surface area contributed by atoms with E-state index in [1.54, 1.807) is 31.2 Å². The van der Waals surface area contributed by atoms with Gasteiger partial charge in [-0.2, -0.15) is 5.26 Å². The van der Waals surface area contributed by atoms with E-state index in [1.807, 2.05) is 30.3 Å². The Morgan fingerprint density at radius 3 is 2.31 bits per heavy atom. The molecule has 0 bridgehead atoms. The number of amides is 1. The first-order valence-electron chi connectivity index (χ1n) is 7.74. The lowest BCUT2D eigenvalue weighted by atomic mass is 10.2. The highest BCUT2D eigenvalue weighted by Crippen LogP contribution is 2.15. The Morgan fingerprint density at radius 1 is 1.12 bits per heavy atom. The monoisotopic (exact) mass is 413 g/mol. The van der Waals surface area contributed by atoms with E-state index < -0.39 is 11.9 Å². The number of nitriles is 1. The quantitative estimate of drug-likeness (QED) is 0.422. The average Bonchev–Trinajstić information content (AvgIpc) is 2.64. The molecule has 2 rings (SSSR count). The molecule has 2 N–H and O–H groups in total. The van der Waals surface area contributed by atoms with E-state index in [0.717, 1.165) is 10.2 Å². The normalized spacial score (nSPS) is 10.6. The lowest BCUT2D eigenvalue weighted by Gasteiger charge is -2.06. The van der Waals surface area contributed by atoms with E-state index in [1.165, 1.54) is 6.20 Å². The summed E-state index contributed by atoms with van der Waals surface area (Å²) >= 11 is 3.33. The van der Waals surface area contributed by atoms with Gasteiger partial charge in [-0.25, -0.2) is 4.79 Å². The standard InChI is InChI=1S/C19H16BrN3O3/c1-2-26-19(25)13-3-7-17(8-4-13)23-18(24)14(11-21)12-22-16-9-5-15(20)6-10-16/h3-10,12,22H,2H2,1H3,(H,23,24)/b14-12-. The van der Waals surface area contributed by atoms with Crippen LogP contribution in [0, 0.1) is 11.3 Å². The van der Waals surface area contributed by atoms with Gasteiger partial charge in [-0.05, 0) is 55.5 Å². The summed E-state index contributed by atoms with van der Waals surface area (Å²) in [6.45, 7) is 2.02. The molecule has 0 heterocycles. The van der Waals surface area contributed by atoms with Gasteiger partial charge < -0.3 is 15.4 Å². The molecule has 0 unspecified atom stereocenters. The third-order valence-electron chi connectivity index (χ3n) is 3.25. The first-order valence-corrected chi connectivity index (χ1v) is 8.53. The van der Waals surface area contributed by atoms with E-state index in [2.05, 4.69) is 26.6 Å². The predicted octanol–water partition coefficient (Wildman–Crippen LogP) is 4.08. The van der Waals surface area contributed by atoms with Crippen molar-refractivity contribution in [2.24, 2.45) is 0 Å². The Balaban J connectivity index is 2.02. The number of nitrogens with one attached hydrogen (secondary N) is 2. The van der Waals surface area contributed by atoms with Gasteiger partial charge in [0.1, 0.15) is 11.6 Å². The Bertz CT molecular complexity index is 853. The zero-order chi connectivity index (χ0) is 18.9. The Hall–Kier alpha value is -3.11. The molecule has 26 heavy (non-hydrogen) atoms. The largest absolute Gasteiger partial charge is 0.462 e. The number of ether oxygens (including phenoxy) is 1. The fraction of sp³-hybridized carbons (Fsp3) is 0.105. The summed E-state index contributed by atoms with van der Waals surface area (Å²) < 4.78 is 5.82. The smallest absolute Gasteiger partial charge is 0.338 e. The molecule has 0 aromatic heterocycles. The molecular weight excluding hydrogens is 398 g/mol. The second-order valence-electron chi connectivity index (χ2n) is 5.07. The summed E-state index contributed by atoms with van der Waals surface area (Å²) in [5.41, 5.74) is 1.51. The van der Waals surface area contributed by atoms with Crippen LogP contribution < -0.4 is 10.6 Å². The molecule has 0 saturated heterocycles. The van der Waals surface area contributed by atoms with Crippen molar-refractivity contribution in [3.05, 3.63) is 70.3 Å². The van der Waals surface area contributed by atoms with Crippen molar-refractivity contribution in [2.45, 2.75) is 6.92 Å². The minimum Gasteiger partial charge on any atom is -0.462 e. The van der Waals surface area contributed by atoms with Crippen LogP contribution in [0.1, 0.15) is 17.3 Å². The van der Waals surface area contributed by atoms with Crippen LogP contribution in [-0.2, 0) is 9.53 Å². The van der Waals surface area contributed by atoms with Gasteiger partial charge in [-0.1, -0.05) is 15.9 Å². The van der Waals surface area contributed by atoms with Crippen molar-refractivity contribution in [1.82, 2.24) is 0 Å². The molecule has 0 aliphatic heterocycles. The SMILES string of the molecule is CCOC(=O)c1ccc(NC(=O)/C(C#N)=C\Nc2ccc(Br)cc2)cc1. The first-order chi connectivity index (χ1) is 12.5. The number of rotatable bonds is 6. The van der Waals surface area contributed by atoms with Crippen LogP contribution in [-0.4, -0.2) is 18.5 Å². The number of anilines is 2. The number of benzene rings is 2. The third kappa shape index (κ3) is 5.46. The van der Waals surface area contributed by atoms with E-state index in [9.17, 15) is 14.9 Å². The van der Waals surface area contributed by atoms with Crippen LogP contribution in [0.5, 0.6) is 0 Å². The molecule has 1 amide bonds. The van der Waals surface area contributed by atoms with Crippen LogP contribution in [0.25, 0.3) is 0 Å². The molecule has 6 nitrogen and oxygen atoms in total. The highest BCUT2D eigenvalue weighted by Gasteiger charge is 2.11. The van der Waals surface area contributed by atoms with Gasteiger partial charge in [0.25, 0.3) is 5.91 Å². The highest BCUT2D eigenvalue weighted by atomic mass is 79.9. The summed E-state index contributed by atoms with van der Waals surface area (Å²) in [5.74, 6) is -0.984. The minimum absolute atomic E-state index is 0.0811. The fourth-order valence-electron chi connectivity index (χ4n) is 1.95. The van der Waals surface area contributed by atoms with E-state index in [4.69, 9.17) is 4.74 Å². The number of carbonyl (C=O) groups excluding carboxylic acids is 2. The minimum atomic E-state index is -0.555. The van der Waals surface area contributed by atoms with Gasteiger partial charge in [0.05, 0.1) is 12.2 Å². The third-order valence-corrected chi connectivity index (χ3v) is 3.78. The lowest BCUT2D eigenvalue weighted by molar-refractivity contribution is -0.112. The number of hydrogen-bond donors (Lipinski definition) is 2. The maximum absolute atomic E-state index is 12.2. The van der Waals surface area contributed by atoms with Crippen LogP contribution in [0.2, 0.25) is 0 Å². The highest BCUT2D eigenvalue weighted by molar-refractivity contribution is 9.10. The molecule has 0 radical (unpaired) electrons. The molecule has 0 fully saturated rings.